The predicted octanol–water partition coefficient (Wildman–Crippen LogP) is 6.52. The molecule has 22 heavy (non-hydrogen) atoms. The van der Waals surface area contributed by atoms with Crippen molar-refractivity contribution in [2.45, 2.75) is 82.3 Å². The average molecular weight is 325 g/mol. The lowest BCUT2D eigenvalue weighted by atomic mass is 9.87. The highest BCUT2D eigenvalue weighted by Crippen LogP contribution is 2.37. The number of aromatic hydroxyl groups is 1. The molecule has 1 saturated carbocycles. The van der Waals surface area contributed by atoms with E-state index >= 15 is 0 Å². The maximum Gasteiger partial charge on any atom is 0.127 e. The Hall–Kier alpha value is -0.700. The van der Waals surface area contributed by atoms with Gasteiger partial charge in [-0.25, -0.2) is 4.39 Å². The summed E-state index contributed by atoms with van der Waals surface area (Å²) in [5.74, 6) is 0.259. The summed E-state index contributed by atoms with van der Waals surface area (Å²) in [5.41, 5.74) is 1.29. The van der Waals surface area contributed by atoms with Crippen molar-refractivity contribution in [3.63, 3.8) is 0 Å². The summed E-state index contributed by atoms with van der Waals surface area (Å²) in [6.45, 7) is 1.85. The third-order valence-electron chi connectivity index (χ3n) is 4.89. The molecule has 1 aromatic rings. The maximum absolute atomic E-state index is 14.5. The zero-order valence-electron chi connectivity index (χ0n) is 13.7. The summed E-state index contributed by atoms with van der Waals surface area (Å²) < 4.78 is 14.5. The quantitative estimate of drug-likeness (QED) is 0.593. The Labute approximate surface area is 139 Å². The summed E-state index contributed by atoms with van der Waals surface area (Å²) in [7, 11) is 0. The maximum atomic E-state index is 14.5. The first-order chi connectivity index (χ1) is 10.6. The summed E-state index contributed by atoms with van der Waals surface area (Å²) in [4.78, 5) is 0. The Morgan fingerprint density at radius 2 is 1.50 bits per heavy atom. The molecule has 3 heteroatoms. The van der Waals surface area contributed by atoms with Crippen molar-refractivity contribution in [2.75, 3.05) is 0 Å². The zero-order chi connectivity index (χ0) is 15.9. The Morgan fingerprint density at radius 3 is 2.00 bits per heavy atom. The third kappa shape index (κ3) is 4.91. The summed E-state index contributed by atoms with van der Waals surface area (Å²) in [5, 5.41) is 10.0. The van der Waals surface area contributed by atoms with E-state index in [4.69, 9.17) is 0 Å². The zero-order valence-corrected chi connectivity index (χ0v) is 14.5. The van der Waals surface area contributed by atoms with Crippen molar-refractivity contribution in [3.8, 4) is 5.75 Å². The van der Waals surface area contributed by atoms with Crippen LogP contribution in [0.1, 0.15) is 93.4 Å². The number of rotatable bonds is 2. The first-order valence-electron chi connectivity index (χ1n) is 8.80. The van der Waals surface area contributed by atoms with Gasteiger partial charge in [0.25, 0.3) is 0 Å². The van der Waals surface area contributed by atoms with E-state index in [0.29, 0.717) is 11.1 Å². The number of phenols is 1. The van der Waals surface area contributed by atoms with E-state index in [1.54, 1.807) is 6.07 Å². The molecule has 0 radical (unpaired) electrons. The molecule has 0 aliphatic heterocycles. The van der Waals surface area contributed by atoms with Gasteiger partial charge in [-0.3, -0.25) is 0 Å². The minimum atomic E-state index is -0.173. The molecule has 1 aliphatic carbocycles. The number of halogens is 1. The van der Waals surface area contributed by atoms with Gasteiger partial charge in [0.05, 0.1) is 0 Å². The highest BCUT2D eigenvalue weighted by atomic mass is 32.1. The van der Waals surface area contributed by atoms with Crippen LogP contribution in [0.25, 0.3) is 0 Å². The van der Waals surface area contributed by atoms with Crippen LogP contribution in [0.5, 0.6) is 5.75 Å². The molecule has 0 spiro atoms. The Kier molecular flexibility index (Phi) is 7.07. The molecule has 0 saturated heterocycles. The summed E-state index contributed by atoms with van der Waals surface area (Å²) in [6, 6.07) is 3.13. The molecule has 1 nitrogen and oxygen atoms in total. The minimum Gasteiger partial charge on any atom is -0.508 e. The Morgan fingerprint density at radius 1 is 1.00 bits per heavy atom. The fourth-order valence-electron chi connectivity index (χ4n) is 3.54. The molecule has 1 aliphatic rings. The second-order valence-electron chi connectivity index (χ2n) is 6.71. The largest absolute Gasteiger partial charge is 0.508 e. The van der Waals surface area contributed by atoms with E-state index in [1.807, 2.05) is 6.92 Å². The van der Waals surface area contributed by atoms with Crippen LogP contribution in [0.2, 0.25) is 0 Å². The molecule has 2 rings (SSSR count). The number of hydrogen-bond acceptors (Lipinski definition) is 2. The minimum absolute atomic E-state index is 0.156. The smallest absolute Gasteiger partial charge is 0.127 e. The molecule has 0 amide bonds. The van der Waals surface area contributed by atoms with Gasteiger partial charge in [-0.15, -0.1) is 0 Å². The Bertz CT molecular complexity index is 461. The van der Waals surface area contributed by atoms with Crippen LogP contribution < -0.4 is 0 Å². The number of benzene rings is 1. The van der Waals surface area contributed by atoms with E-state index in [-0.39, 0.29) is 22.7 Å². The third-order valence-corrected chi connectivity index (χ3v) is 5.17. The normalized spacial score (nSPS) is 20.3. The van der Waals surface area contributed by atoms with Crippen LogP contribution in [-0.4, -0.2) is 5.11 Å². The topological polar surface area (TPSA) is 20.2 Å². The van der Waals surface area contributed by atoms with Gasteiger partial charge in [0.15, 0.2) is 0 Å². The van der Waals surface area contributed by atoms with Crippen molar-refractivity contribution in [2.24, 2.45) is 0 Å². The van der Waals surface area contributed by atoms with Gasteiger partial charge in [0, 0.05) is 10.8 Å². The molecular formula is C19H29FOS. The summed E-state index contributed by atoms with van der Waals surface area (Å²) >= 11 is 4.31. The molecule has 1 atom stereocenters. The molecule has 0 aromatic heterocycles. The van der Waals surface area contributed by atoms with Crippen molar-refractivity contribution in [1.29, 1.82) is 0 Å². The lowest BCUT2D eigenvalue weighted by Gasteiger charge is -2.20. The monoisotopic (exact) mass is 324 g/mol. The van der Waals surface area contributed by atoms with Gasteiger partial charge in [0.1, 0.15) is 11.6 Å². The summed E-state index contributed by atoms with van der Waals surface area (Å²) in [6.07, 6.45) is 12.2. The van der Waals surface area contributed by atoms with Crippen molar-refractivity contribution >= 4 is 12.6 Å². The standard InChI is InChI=1S/C19H29FOS/c1-14(22)16-12-18(20)17(13-19(16)21)15-10-8-6-4-2-3-5-7-9-11-15/h12-15,21-22H,2-11H2,1H3. The highest BCUT2D eigenvalue weighted by molar-refractivity contribution is 7.80. The van der Waals surface area contributed by atoms with E-state index in [0.717, 1.165) is 25.7 Å². The highest BCUT2D eigenvalue weighted by Gasteiger charge is 2.19. The van der Waals surface area contributed by atoms with E-state index in [2.05, 4.69) is 12.6 Å². The van der Waals surface area contributed by atoms with Gasteiger partial charge in [0.2, 0.25) is 0 Å². The molecule has 1 fully saturated rings. The Balaban J connectivity index is 2.17. The molecule has 0 bridgehead atoms. The van der Waals surface area contributed by atoms with Crippen molar-refractivity contribution < 1.29 is 9.50 Å². The first-order valence-corrected chi connectivity index (χ1v) is 9.31. The van der Waals surface area contributed by atoms with Crippen molar-refractivity contribution in [3.05, 3.63) is 29.1 Å². The van der Waals surface area contributed by atoms with Gasteiger partial charge in [-0.05, 0) is 43.4 Å². The van der Waals surface area contributed by atoms with Crippen LogP contribution >= 0.6 is 12.6 Å². The fraction of sp³-hybridized carbons (Fsp3) is 0.684. The SMILES string of the molecule is CC(S)c1cc(F)c(C2CCCCCCCCCC2)cc1O. The van der Waals surface area contributed by atoms with E-state index in [9.17, 15) is 9.50 Å². The van der Waals surface area contributed by atoms with E-state index in [1.165, 1.54) is 44.6 Å². The van der Waals surface area contributed by atoms with Crippen LogP contribution in [0, 0.1) is 5.82 Å². The average Bonchev–Trinajstić information content (AvgIpc) is 2.54. The second kappa shape index (κ2) is 8.81. The van der Waals surface area contributed by atoms with Crippen molar-refractivity contribution in [1.82, 2.24) is 0 Å². The molecule has 124 valence electrons. The lowest BCUT2D eigenvalue weighted by molar-refractivity contribution is 0.453. The van der Waals surface area contributed by atoms with Crippen LogP contribution in [0.3, 0.4) is 0 Å². The lowest BCUT2D eigenvalue weighted by Crippen LogP contribution is -2.04. The van der Waals surface area contributed by atoms with Crippen LogP contribution in [0.4, 0.5) is 4.39 Å². The van der Waals surface area contributed by atoms with Crippen LogP contribution in [-0.2, 0) is 0 Å². The molecule has 1 N–H and O–H groups in total. The molecule has 1 unspecified atom stereocenters. The van der Waals surface area contributed by atoms with Gasteiger partial charge in [-0.2, -0.15) is 12.6 Å². The van der Waals surface area contributed by atoms with Crippen LogP contribution in [0.15, 0.2) is 12.1 Å². The molecule has 1 aromatic carbocycles. The number of hydrogen-bond donors (Lipinski definition) is 2. The number of phenolic OH excluding ortho intramolecular Hbond substituents is 1. The fourth-order valence-corrected chi connectivity index (χ4v) is 3.75. The first kappa shape index (κ1) is 17.7. The molecule has 0 heterocycles. The predicted molar refractivity (Wildman–Crippen MR) is 94.4 cm³/mol. The second-order valence-corrected chi connectivity index (χ2v) is 7.49. The van der Waals surface area contributed by atoms with Gasteiger partial charge < -0.3 is 5.11 Å². The van der Waals surface area contributed by atoms with Gasteiger partial charge in [-0.1, -0.05) is 51.4 Å². The van der Waals surface area contributed by atoms with E-state index < -0.39 is 0 Å². The molecular weight excluding hydrogens is 295 g/mol. The van der Waals surface area contributed by atoms with Gasteiger partial charge >= 0.3 is 0 Å². The number of thiol groups is 1.